The van der Waals surface area contributed by atoms with Crippen molar-refractivity contribution in [2.24, 2.45) is 0 Å². The molecule has 0 aliphatic rings. The molecular formula is C10H10F2O. The monoisotopic (exact) mass is 184 g/mol. The lowest BCUT2D eigenvalue weighted by atomic mass is 10.1. The molecule has 1 aromatic rings. The Morgan fingerprint density at radius 3 is 2.69 bits per heavy atom. The van der Waals surface area contributed by atoms with Crippen LogP contribution >= 0.6 is 0 Å². The first-order valence-electron chi connectivity index (χ1n) is 3.82. The normalized spacial score (nSPS) is 10.2. The summed E-state index contributed by atoms with van der Waals surface area (Å²) in [6.07, 6.45) is 1.60. The molecule has 0 N–H and O–H groups in total. The molecule has 1 aromatic carbocycles. The summed E-state index contributed by atoms with van der Waals surface area (Å²) in [5.41, 5.74) is 1.48. The van der Waals surface area contributed by atoms with Gasteiger partial charge in [0.15, 0.2) is 0 Å². The van der Waals surface area contributed by atoms with Crippen molar-refractivity contribution in [3.63, 3.8) is 0 Å². The zero-order valence-electron chi connectivity index (χ0n) is 7.26. The first-order valence-corrected chi connectivity index (χ1v) is 3.82. The summed E-state index contributed by atoms with van der Waals surface area (Å²) in [6.45, 7) is 2.51. The molecule has 0 fully saturated rings. The molecule has 13 heavy (non-hydrogen) atoms. The van der Waals surface area contributed by atoms with E-state index in [2.05, 4.69) is 11.3 Å². The van der Waals surface area contributed by atoms with Gasteiger partial charge in [0.05, 0.1) is 0 Å². The maximum Gasteiger partial charge on any atom is 0.387 e. The molecule has 0 aliphatic heterocycles. The fourth-order valence-electron chi connectivity index (χ4n) is 1.08. The minimum atomic E-state index is -2.78. The molecular weight excluding hydrogens is 174 g/mol. The van der Waals surface area contributed by atoms with Gasteiger partial charge in [-0.3, -0.25) is 0 Å². The van der Waals surface area contributed by atoms with Crippen LogP contribution in [0, 0.1) is 6.92 Å². The summed E-state index contributed by atoms with van der Waals surface area (Å²) >= 11 is 0. The van der Waals surface area contributed by atoms with Crippen LogP contribution < -0.4 is 4.74 Å². The molecule has 0 aliphatic carbocycles. The number of halogens is 2. The number of ether oxygens (including phenoxy) is 1. The highest BCUT2D eigenvalue weighted by Gasteiger charge is 2.07. The molecule has 0 unspecified atom stereocenters. The first kappa shape index (κ1) is 9.71. The Labute approximate surface area is 75.6 Å². The molecule has 0 radical (unpaired) electrons. The van der Waals surface area contributed by atoms with E-state index in [1.54, 1.807) is 25.1 Å². The van der Waals surface area contributed by atoms with Crippen molar-refractivity contribution in [1.29, 1.82) is 0 Å². The molecule has 0 bridgehead atoms. The highest BCUT2D eigenvalue weighted by Crippen LogP contribution is 2.23. The number of alkyl halides is 2. The lowest BCUT2D eigenvalue weighted by Gasteiger charge is -2.09. The molecule has 0 amide bonds. The van der Waals surface area contributed by atoms with Crippen LogP contribution in [0.25, 0.3) is 6.08 Å². The predicted molar refractivity (Wildman–Crippen MR) is 47.9 cm³/mol. The molecule has 0 heterocycles. The fourth-order valence-corrected chi connectivity index (χ4v) is 1.08. The van der Waals surface area contributed by atoms with Gasteiger partial charge < -0.3 is 4.74 Å². The lowest BCUT2D eigenvalue weighted by molar-refractivity contribution is -0.0502. The van der Waals surface area contributed by atoms with Crippen LogP contribution in [0.2, 0.25) is 0 Å². The minimum Gasteiger partial charge on any atom is -0.435 e. The van der Waals surface area contributed by atoms with Gasteiger partial charge in [-0.25, -0.2) is 0 Å². The van der Waals surface area contributed by atoms with Crippen LogP contribution in [-0.2, 0) is 0 Å². The van der Waals surface area contributed by atoms with Gasteiger partial charge in [0.25, 0.3) is 0 Å². The van der Waals surface area contributed by atoms with E-state index in [0.29, 0.717) is 5.56 Å². The van der Waals surface area contributed by atoms with E-state index in [4.69, 9.17) is 0 Å². The smallest absolute Gasteiger partial charge is 0.387 e. The van der Waals surface area contributed by atoms with E-state index in [0.717, 1.165) is 5.56 Å². The van der Waals surface area contributed by atoms with Gasteiger partial charge in [-0.1, -0.05) is 24.8 Å². The predicted octanol–water partition coefficient (Wildman–Crippen LogP) is 3.24. The Balaban J connectivity index is 3.01. The van der Waals surface area contributed by atoms with Crippen LogP contribution in [-0.4, -0.2) is 6.61 Å². The Hall–Kier alpha value is -1.38. The van der Waals surface area contributed by atoms with E-state index >= 15 is 0 Å². The van der Waals surface area contributed by atoms with Gasteiger partial charge in [-0.15, -0.1) is 0 Å². The van der Waals surface area contributed by atoms with Gasteiger partial charge in [0.1, 0.15) is 5.75 Å². The molecule has 0 saturated carbocycles. The summed E-state index contributed by atoms with van der Waals surface area (Å²) in [6, 6.07) is 4.96. The summed E-state index contributed by atoms with van der Waals surface area (Å²) in [4.78, 5) is 0. The van der Waals surface area contributed by atoms with E-state index in [1.807, 2.05) is 0 Å². The Morgan fingerprint density at radius 1 is 1.46 bits per heavy atom. The fraction of sp³-hybridized carbons (Fsp3) is 0.200. The van der Waals surface area contributed by atoms with Crippen LogP contribution in [0.1, 0.15) is 11.1 Å². The Kier molecular flexibility index (Phi) is 3.01. The standard InChI is InChI=1S/C10H10F2O/c1-3-8-5-4-6-9(7(8)2)13-10(11)12/h3-6,10H,1H2,2H3. The van der Waals surface area contributed by atoms with Crippen LogP contribution in [0.4, 0.5) is 8.78 Å². The zero-order valence-corrected chi connectivity index (χ0v) is 7.26. The van der Waals surface area contributed by atoms with E-state index in [9.17, 15) is 8.78 Å². The van der Waals surface area contributed by atoms with Gasteiger partial charge >= 0.3 is 6.61 Å². The number of benzene rings is 1. The third kappa shape index (κ3) is 2.28. The van der Waals surface area contributed by atoms with E-state index in [-0.39, 0.29) is 5.75 Å². The molecule has 70 valence electrons. The molecule has 0 saturated heterocycles. The number of hydrogen-bond acceptors (Lipinski definition) is 1. The van der Waals surface area contributed by atoms with Crippen molar-refractivity contribution in [3.05, 3.63) is 35.9 Å². The largest absolute Gasteiger partial charge is 0.435 e. The van der Waals surface area contributed by atoms with E-state index in [1.165, 1.54) is 6.07 Å². The molecule has 0 aromatic heterocycles. The highest BCUT2D eigenvalue weighted by atomic mass is 19.3. The van der Waals surface area contributed by atoms with Gasteiger partial charge in [-0.2, -0.15) is 8.78 Å². The van der Waals surface area contributed by atoms with E-state index < -0.39 is 6.61 Å². The van der Waals surface area contributed by atoms with Crippen molar-refractivity contribution in [1.82, 2.24) is 0 Å². The SMILES string of the molecule is C=Cc1cccc(OC(F)F)c1C. The third-order valence-electron chi connectivity index (χ3n) is 1.76. The van der Waals surface area contributed by atoms with Crippen molar-refractivity contribution in [2.75, 3.05) is 0 Å². The highest BCUT2D eigenvalue weighted by molar-refractivity contribution is 5.55. The van der Waals surface area contributed by atoms with Crippen LogP contribution in [0.5, 0.6) is 5.75 Å². The second kappa shape index (κ2) is 4.03. The zero-order chi connectivity index (χ0) is 9.84. The Morgan fingerprint density at radius 2 is 2.15 bits per heavy atom. The second-order valence-corrected chi connectivity index (χ2v) is 2.55. The maximum absolute atomic E-state index is 11.9. The average Bonchev–Trinajstić information content (AvgIpc) is 2.08. The molecule has 1 rings (SSSR count). The van der Waals surface area contributed by atoms with Crippen molar-refractivity contribution in [2.45, 2.75) is 13.5 Å². The average molecular weight is 184 g/mol. The number of rotatable bonds is 3. The first-order chi connectivity index (χ1) is 6.15. The summed E-state index contributed by atoms with van der Waals surface area (Å²) in [5, 5.41) is 0. The maximum atomic E-state index is 11.9. The quantitative estimate of drug-likeness (QED) is 0.700. The van der Waals surface area contributed by atoms with Crippen LogP contribution in [0.3, 0.4) is 0 Å². The number of hydrogen-bond donors (Lipinski definition) is 0. The molecule has 1 nitrogen and oxygen atoms in total. The van der Waals surface area contributed by atoms with Crippen molar-refractivity contribution < 1.29 is 13.5 Å². The lowest BCUT2D eigenvalue weighted by Crippen LogP contribution is -2.03. The second-order valence-electron chi connectivity index (χ2n) is 2.55. The summed E-state index contributed by atoms with van der Waals surface area (Å²) in [5.74, 6) is 0.201. The van der Waals surface area contributed by atoms with Crippen LogP contribution in [0.15, 0.2) is 24.8 Å². The molecule has 0 spiro atoms. The van der Waals surface area contributed by atoms with Crippen molar-refractivity contribution in [3.8, 4) is 5.75 Å². The van der Waals surface area contributed by atoms with Gasteiger partial charge in [-0.05, 0) is 24.1 Å². The third-order valence-corrected chi connectivity index (χ3v) is 1.76. The van der Waals surface area contributed by atoms with Crippen molar-refractivity contribution >= 4 is 6.08 Å². The summed E-state index contributed by atoms with van der Waals surface area (Å²) in [7, 11) is 0. The topological polar surface area (TPSA) is 9.23 Å². The Bertz CT molecular complexity index is 308. The van der Waals surface area contributed by atoms with Gasteiger partial charge in [0, 0.05) is 0 Å². The minimum absolute atomic E-state index is 0.201. The molecule has 0 atom stereocenters. The van der Waals surface area contributed by atoms with Gasteiger partial charge in [0.2, 0.25) is 0 Å². The summed E-state index contributed by atoms with van der Waals surface area (Å²) < 4.78 is 28.1. The molecule has 3 heteroatoms.